The fourth-order valence-electron chi connectivity index (χ4n) is 1.09. The van der Waals surface area contributed by atoms with Crippen LogP contribution in [0, 0.1) is 10.7 Å². The SMILES string of the molecule is C[N+](C)(C)CCOc1c(I)cc(I)cc1I. The molecule has 0 saturated heterocycles. The normalized spacial score (nSPS) is 11.6. The molecule has 0 spiro atoms. The molecule has 90 valence electrons. The van der Waals surface area contributed by atoms with Gasteiger partial charge in [-0.15, -0.1) is 0 Å². The van der Waals surface area contributed by atoms with Crippen molar-refractivity contribution in [2.45, 2.75) is 0 Å². The lowest BCUT2D eigenvalue weighted by Gasteiger charge is -2.24. The third-order valence-corrected chi connectivity index (χ3v) is 4.20. The zero-order valence-corrected chi connectivity index (χ0v) is 16.0. The van der Waals surface area contributed by atoms with Gasteiger partial charge in [0.1, 0.15) is 18.9 Å². The maximum atomic E-state index is 5.86. The predicted molar refractivity (Wildman–Crippen MR) is 93.0 cm³/mol. The first-order chi connectivity index (χ1) is 7.29. The van der Waals surface area contributed by atoms with E-state index in [-0.39, 0.29) is 0 Å². The number of benzene rings is 1. The van der Waals surface area contributed by atoms with E-state index in [2.05, 4.69) is 101 Å². The number of halogens is 3. The fourth-order valence-corrected chi connectivity index (χ4v) is 4.98. The van der Waals surface area contributed by atoms with Gasteiger partial charge < -0.3 is 9.22 Å². The van der Waals surface area contributed by atoms with Crippen LogP contribution in [0.1, 0.15) is 0 Å². The number of ether oxygens (including phenoxy) is 1. The molecule has 0 amide bonds. The van der Waals surface area contributed by atoms with Crippen molar-refractivity contribution in [1.82, 2.24) is 0 Å². The molecular formula is C11H15I3NO+. The summed E-state index contributed by atoms with van der Waals surface area (Å²) >= 11 is 7.00. The van der Waals surface area contributed by atoms with E-state index in [9.17, 15) is 0 Å². The number of quaternary nitrogens is 1. The lowest BCUT2D eigenvalue weighted by Crippen LogP contribution is -2.38. The molecule has 0 aliphatic rings. The number of likely N-dealkylation sites (N-methyl/N-ethyl adjacent to an activating group) is 1. The highest BCUT2D eigenvalue weighted by molar-refractivity contribution is 14.1. The Morgan fingerprint density at radius 1 is 1.06 bits per heavy atom. The summed E-state index contributed by atoms with van der Waals surface area (Å²) in [4.78, 5) is 0. The first kappa shape index (κ1) is 15.2. The van der Waals surface area contributed by atoms with Crippen molar-refractivity contribution in [2.24, 2.45) is 0 Å². The van der Waals surface area contributed by atoms with Crippen LogP contribution in [0.2, 0.25) is 0 Å². The molecule has 0 unspecified atom stereocenters. The molecule has 0 fully saturated rings. The summed E-state index contributed by atoms with van der Waals surface area (Å²) in [6.45, 7) is 1.77. The Kier molecular flexibility index (Phi) is 6.06. The third-order valence-electron chi connectivity index (χ3n) is 1.97. The Balaban J connectivity index is 2.68. The van der Waals surface area contributed by atoms with Crippen molar-refractivity contribution in [3.8, 4) is 5.75 Å². The molecule has 0 atom stereocenters. The number of hydrogen-bond acceptors (Lipinski definition) is 1. The van der Waals surface area contributed by atoms with Crippen molar-refractivity contribution in [3.63, 3.8) is 0 Å². The van der Waals surface area contributed by atoms with Gasteiger partial charge in [-0.25, -0.2) is 0 Å². The smallest absolute Gasteiger partial charge is 0.146 e. The van der Waals surface area contributed by atoms with E-state index in [0.29, 0.717) is 0 Å². The molecule has 16 heavy (non-hydrogen) atoms. The minimum atomic E-state index is 0.760. The van der Waals surface area contributed by atoms with Crippen LogP contribution in [0.25, 0.3) is 0 Å². The van der Waals surface area contributed by atoms with Gasteiger partial charge in [-0.1, -0.05) is 0 Å². The van der Waals surface area contributed by atoms with E-state index in [1.54, 1.807) is 0 Å². The van der Waals surface area contributed by atoms with Gasteiger partial charge in [-0.2, -0.15) is 0 Å². The van der Waals surface area contributed by atoms with Crippen molar-refractivity contribution in [2.75, 3.05) is 34.3 Å². The molecule has 0 N–H and O–H groups in total. The van der Waals surface area contributed by atoms with Gasteiger partial charge in [0.25, 0.3) is 0 Å². The molecule has 0 saturated carbocycles. The van der Waals surface area contributed by atoms with Crippen LogP contribution in [-0.2, 0) is 0 Å². The highest BCUT2D eigenvalue weighted by Crippen LogP contribution is 2.29. The molecule has 0 radical (unpaired) electrons. The lowest BCUT2D eigenvalue weighted by molar-refractivity contribution is -0.870. The van der Waals surface area contributed by atoms with E-state index in [0.717, 1.165) is 23.4 Å². The minimum absolute atomic E-state index is 0.760. The quantitative estimate of drug-likeness (QED) is 0.406. The summed E-state index contributed by atoms with van der Waals surface area (Å²) < 4.78 is 10.4. The first-order valence-corrected chi connectivity index (χ1v) is 8.11. The molecule has 1 aromatic carbocycles. The lowest BCUT2D eigenvalue weighted by atomic mass is 10.3. The zero-order valence-electron chi connectivity index (χ0n) is 9.56. The van der Waals surface area contributed by atoms with Crippen molar-refractivity contribution < 1.29 is 9.22 Å². The van der Waals surface area contributed by atoms with Crippen molar-refractivity contribution in [1.29, 1.82) is 0 Å². The summed E-state index contributed by atoms with van der Waals surface area (Å²) in [5.74, 6) is 1.02. The third kappa shape index (κ3) is 5.21. The van der Waals surface area contributed by atoms with Crippen LogP contribution in [0.5, 0.6) is 5.75 Å². The molecule has 0 aliphatic heterocycles. The Hall–Kier alpha value is 1.17. The van der Waals surface area contributed by atoms with Crippen LogP contribution >= 0.6 is 67.8 Å². The van der Waals surface area contributed by atoms with Gasteiger partial charge in [0.15, 0.2) is 0 Å². The zero-order chi connectivity index (χ0) is 12.3. The number of nitrogens with zero attached hydrogens (tertiary/aromatic N) is 1. The van der Waals surface area contributed by atoms with Crippen LogP contribution in [0.3, 0.4) is 0 Å². The first-order valence-electron chi connectivity index (χ1n) is 4.87. The highest BCUT2D eigenvalue weighted by Gasteiger charge is 2.11. The van der Waals surface area contributed by atoms with Gasteiger partial charge in [-0.3, -0.25) is 0 Å². The van der Waals surface area contributed by atoms with Crippen LogP contribution in [0.15, 0.2) is 12.1 Å². The average Bonchev–Trinajstić information content (AvgIpc) is 2.07. The summed E-state index contributed by atoms with van der Waals surface area (Å²) in [7, 11) is 6.52. The maximum Gasteiger partial charge on any atom is 0.146 e. The molecule has 1 aromatic rings. The maximum absolute atomic E-state index is 5.86. The van der Waals surface area contributed by atoms with Crippen molar-refractivity contribution in [3.05, 3.63) is 22.8 Å². The number of rotatable bonds is 4. The molecule has 0 heterocycles. The summed E-state index contributed by atoms with van der Waals surface area (Å²) in [6.07, 6.45) is 0. The standard InChI is InChI=1S/C11H15I3NO/c1-15(2,3)4-5-16-11-9(13)6-8(12)7-10(11)14/h6-7H,4-5H2,1-3H3/q+1. The van der Waals surface area contributed by atoms with Gasteiger partial charge >= 0.3 is 0 Å². The summed E-state index contributed by atoms with van der Waals surface area (Å²) in [5, 5.41) is 0. The van der Waals surface area contributed by atoms with E-state index in [1.165, 1.54) is 10.7 Å². The van der Waals surface area contributed by atoms with Gasteiger partial charge in [0.2, 0.25) is 0 Å². The predicted octanol–water partition coefficient (Wildman–Crippen LogP) is 3.59. The van der Waals surface area contributed by atoms with Gasteiger partial charge in [-0.05, 0) is 79.9 Å². The van der Waals surface area contributed by atoms with Gasteiger partial charge in [0, 0.05) is 3.57 Å². The largest absolute Gasteiger partial charge is 0.485 e. The highest BCUT2D eigenvalue weighted by atomic mass is 127. The Labute approximate surface area is 138 Å². The molecule has 1 rings (SSSR count). The number of hydrogen-bond donors (Lipinski definition) is 0. The van der Waals surface area contributed by atoms with E-state index < -0.39 is 0 Å². The molecular weight excluding hydrogens is 543 g/mol. The molecule has 0 aromatic heterocycles. The Morgan fingerprint density at radius 2 is 1.56 bits per heavy atom. The molecule has 0 bridgehead atoms. The average molecular weight is 558 g/mol. The topological polar surface area (TPSA) is 9.23 Å². The van der Waals surface area contributed by atoms with Crippen molar-refractivity contribution >= 4 is 67.8 Å². The summed E-state index contributed by atoms with van der Waals surface area (Å²) in [5.41, 5.74) is 0. The van der Waals surface area contributed by atoms with E-state index >= 15 is 0 Å². The second-order valence-electron chi connectivity index (χ2n) is 4.56. The summed E-state index contributed by atoms with van der Waals surface area (Å²) in [6, 6.07) is 4.29. The fraction of sp³-hybridized carbons (Fsp3) is 0.455. The molecule has 2 nitrogen and oxygen atoms in total. The van der Waals surface area contributed by atoms with Gasteiger partial charge in [0.05, 0.1) is 28.3 Å². The Bertz CT molecular complexity index is 351. The van der Waals surface area contributed by atoms with Crippen LogP contribution in [0.4, 0.5) is 0 Å². The van der Waals surface area contributed by atoms with E-state index in [1.807, 2.05) is 0 Å². The second kappa shape index (κ2) is 6.37. The molecule has 0 aliphatic carbocycles. The minimum Gasteiger partial charge on any atom is -0.485 e. The molecule has 5 heteroatoms. The second-order valence-corrected chi connectivity index (χ2v) is 8.13. The van der Waals surface area contributed by atoms with E-state index in [4.69, 9.17) is 4.74 Å². The van der Waals surface area contributed by atoms with Crippen LogP contribution < -0.4 is 4.74 Å². The van der Waals surface area contributed by atoms with Crippen LogP contribution in [-0.4, -0.2) is 38.8 Å². The monoisotopic (exact) mass is 558 g/mol. The Morgan fingerprint density at radius 3 is 2.00 bits per heavy atom.